The molecular weight excluding hydrogens is 250 g/mol. The summed E-state index contributed by atoms with van der Waals surface area (Å²) >= 11 is 0. The number of hydrogen-bond acceptors (Lipinski definition) is 5. The van der Waals surface area contributed by atoms with Crippen molar-refractivity contribution in [1.82, 2.24) is 4.90 Å². The third-order valence-electron chi connectivity index (χ3n) is 3.10. The molecule has 1 atom stereocenters. The standard InChI is InChI=1S/C13H21NO5/c1-8-17-11(18-8)9-5-6-14(7-10(9)15)12(16)19-13(2,3)4/h8-9,11H,5-7H2,1-4H3. The van der Waals surface area contributed by atoms with Crippen LogP contribution in [0, 0.1) is 5.92 Å². The topological polar surface area (TPSA) is 65.1 Å². The molecule has 0 aliphatic carbocycles. The lowest BCUT2D eigenvalue weighted by Crippen LogP contribution is -2.54. The van der Waals surface area contributed by atoms with Crippen molar-refractivity contribution in [1.29, 1.82) is 0 Å². The summed E-state index contributed by atoms with van der Waals surface area (Å²) in [4.78, 5) is 25.3. The Morgan fingerprint density at radius 1 is 1.37 bits per heavy atom. The quantitative estimate of drug-likeness (QED) is 0.723. The fraction of sp³-hybridized carbons (Fsp3) is 0.846. The van der Waals surface area contributed by atoms with Gasteiger partial charge in [0.2, 0.25) is 0 Å². The molecule has 0 aromatic heterocycles. The van der Waals surface area contributed by atoms with Crippen molar-refractivity contribution < 1.29 is 23.8 Å². The molecule has 0 N–H and O–H groups in total. The number of rotatable bonds is 1. The van der Waals surface area contributed by atoms with Gasteiger partial charge in [0.25, 0.3) is 0 Å². The lowest BCUT2D eigenvalue weighted by Gasteiger charge is -2.41. The second kappa shape index (κ2) is 5.09. The van der Waals surface area contributed by atoms with Gasteiger partial charge in [-0.15, -0.1) is 0 Å². The second-order valence-corrected chi connectivity index (χ2v) is 5.97. The van der Waals surface area contributed by atoms with E-state index in [0.29, 0.717) is 13.0 Å². The minimum Gasteiger partial charge on any atom is -0.444 e. The van der Waals surface area contributed by atoms with E-state index in [2.05, 4.69) is 0 Å². The fourth-order valence-electron chi connectivity index (χ4n) is 2.19. The van der Waals surface area contributed by atoms with Gasteiger partial charge in [-0.3, -0.25) is 4.79 Å². The highest BCUT2D eigenvalue weighted by Gasteiger charge is 2.42. The van der Waals surface area contributed by atoms with E-state index in [0.717, 1.165) is 0 Å². The largest absolute Gasteiger partial charge is 0.444 e. The van der Waals surface area contributed by atoms with Crippen LogP contribution in [0.5, 0.6) is 0 Å². The number of carbonyl (C=O) groups is 2. The highest BCUT2D eigenvalue weighted by Crippen LogP contribution is 2.29. The van der Waals surface area contributed by atoms with Gasteiger partial charge < -0.3 is 19.1 Å². The summed E-state index contributed by atoms with van der Waals surface area (Å²) in [5.41, 5.74) is -0.549. The van der Waals surface area contributed by atoms with Crippen LogP contribution in [0.2, 0.25) is 0 Å². The van der Waals surface area contributed by atoms with Gasteiger partial charge in [0, 0.05) is 6.54 Å². The van der Waals surface area contributed by atoms with Gasteiger partial charge in [-0.25, -0.2) is 4.79 Å². The smallest absolute Gasteiger partial charge is 0.410 e. The minimum absolute atomic E-state index is 0.0333. The molecule has 2 rings (SSSR count). The number of hydrogen-bond donors (Lipinski definition) is 0. The van der Waals surface area contributed by atoms with Crippen molar-refractivity contribution in [2.75, 3.05) is 13.1 Å². The van der Waals surface area contributed by atoms with Crippen LogP contribution in [0.1, 0.15) is 34.1 Å². The maximum Gasteiger partial charge on any atom is 0.410 e. The van der Waals surface area contributed by atoms with E-state index in [4.69, 9.17) is 14.2 Å². The van der Waals surface area contributed by atoms with Crippen molar-refractivity contribution in [3.63, 3.8) is 0 Å². The predicted octanol–water partition coefficient (Wildman–Crippen LogP) is 1.53. The van der Waals surface area contributed by atoms with E-state index in [-0.39, 0.29) is 24.5 Å². The molecule has 2 aliphatic heterocycles. The monoisotopic (exact) mass is 271 g/mol. The number of amides is 1. The molecule has 2 aliphatic rings. The zero-order valence-corrected chi connectivity index (χ0v) is 11.8. The first kappa shape index (κ1) is 14.3. The zero-order valence-electron chi connectivity index (χ0n) is 11.8. The summed E-state index contributed by atoms with van der Waals surface area (Å²) in [6.45, 7) is 7.75. The Bertz CT molecular complexity index is 370. The number of nitrogens with zero attached hydrogens (tertiary/aromatic N) is 1. The molecule has 0 saturated carbocycles. The number of likely N-dealkylation sites (tertiary alicyclic amines) is 1. The summed E-state index contributed by atoms with van der Waals surface area (Å²) in [6, 6.07) is 0. The molecule has 1 amide bonds. The third kappa shape index (κ3) is 3.45. The molecule has 2 fully saturated rings. The summed E-state index contributed by atoms with van der Waals surface area (Å²) in [6.07, 6.45) is -0.566. The lowest BCUT2D eigenvalue weighted by molar-refractivity contribution is -0.388. The minimum atomic E-state index is -0.549. The first-order valence-electron chi connectivity index (χ1n) is 6.58. The predicted molar refractivity (Wildman–Crippen MR) is 66.3 cm³/mol. The SMILES string of the molecule is CC1OC(C2CCN(C(=O)OC(C)(C)C)CC2=O)O1. The van der Waals surface area contributed by atoms with Gasteiger partial charge in [-0.05, 0) is 34.1 Å². The molecule has 1 unspecified atom stereocenters. The van der Waals surface area contributed by atoms with E-state index in [9.17, 15) is 9.59 Å². The first-order chi connectivity index (χ1) is 8.76. The van der Waals surface area contributed by atoms with Gasteiger partial charge in [0.05, 0.1) is 12.5 Å². The molecule has 0 aromatic rings. The van der Waals surface area contributed by atoms with Crippen LogP contribution in [-0.2, 0) is 19.0 Å². The van der Waals surface area contributed by atoms with Crippen molar-refractivity contribution >= 4 is 11.9 Å². The lowest BCUT2D eigenvalue weighted by atomic mass is 9.94. The van der Waals surface area contributed by atoms with E-state index >= 15 is 0 Å². The molecule has 0 radical (unpaired) electrons. The van der Waals surface area contributed by atoms with Crippen molar-refractivity contribution in [3.05, 3.63) is 0 Å². The second-order valence-electron chi connectivity index (χ2n) is 5.97. The van der Waals surface area contributed by atoms with Crippen LogP contribution in [0.15, 0.2) is 0 Å². The maximum absolute atomic E-state index is 12.0. The third-order valence-corrected chi connectivity index (χ3v) is 3.10. The summed E-state index contributed by atoms with van der Waals surface area (Å²) in [5.74, 6) is -0.302. The fourth-order valence-corrected chi connectivity index (χ4v) is 2.19. The molecule has 0 bridgehead atoms. The maximum atomic E-state index is 12.0. The highest BCUT2D eigenvalue weighted by atomic mass is 16.9. The molecule has 108 valence electrons. The molecule has 0 spiro atoms. The Kier molecular flexibility index (Phi) is 3.82. The number of carbonyl (C=O) groups excluding carboxylic acids is 2. The summed E-state index contributed by atoms with van der Waals surface area (Å²) < 4.78 is 15.9. The van der Waals surface area contributed by atoms with E-state index < -0.39 is 18.0 Å². The Morgan fingerprint density at radius 3 is 2.47 bits per heavy atom. The summed E-state index contributed by atoms with van der Waals surface area (Å²) in [7, 11) is 0. The number of piperidine rings is 1. The molecule has 2 heterocycles. The average molecular weight is 271 g/mol. The molecule has 6 heteroatoms. The van der Waals surface area contributed by atoms with Crippen molar-refractivity contribution in [2.24, 2.45) is 5.92 Å². The van der Waals surface area contributed by atoms with E-state index in [1.54, 1.807) is 27.7 Å². The molecule has 2 saturated heterocycles. The number of ether oxygens (including phenoxy) is 3. The van der Waals surface area contributed by atoms with Gasteiger partial charge in [-0.1, -0.05) is 0 Å². The summed E-state index contributed by atoms with van der Waals surface area (Å²) in [5, 5.41) is 0. The molecule has 0 aromatic carbocycles. The van der Waals surface area contributed by atoms with Crippen LogP contribution in [0.3, 0.4) is 0 Å². The Labute approximate surface area is 113 Å². The van der Waals surface area contributed by atoms with Crippen LogP contribution < -0.4 is 0 Å². The highest BCUT2D eigenvalue weighted by molar-refractivity contribution is 5.87. The van der Waals surface area contributed by atoms with E-state index in [1.165, 1.54) is 4.90 Å². The first-order valence-corrected chi connectivity index (χ1v) is 6.58. The van der Waals surface area contributed by atoms with Gasteiger partial charge in [0.15, 0.2) is 18.4 Å². The van der Waals surface area contributed by atoms with Crippen LogP contribution in [0.25, 0.3) is 0 Å². The Hall–Kier alpha value is -1.14. The molecular formula is C13H21NO5. The van der Waals surface area contributed by atoms with E-state index in [1.807, 2.05) is 0 Å². The number of Topliss-reactive ketones (excluding diaryl/α,β-unsaturated/α-hetero) is 1. The Morgan fingerprint density at radius 2 is 2.00 bits per heavy atom. The van der Waals surface area contributed by atoms with Crippen LogP contribution in [-0.4, -0.2) is 48.0 Å². The van der Waals surface area contributed by atoms with Gasteiger partial charge >= 0.3 is 6.09 Å². The van der Waals surface area contributed by atoms with Gasteiger partial charge in [-0.2, -0.15) is 0 Å². The van der Waals surface area contributed by atoms with Crippen LogP contribution >= 0.6 is 0 Å². The molecule has 6 nitrogen and oxygen atoms in total. The van der Waals surface area contributed by atoms with Gasteiger partial charge in [0.1, 0.15) is 5.60 Å². The van der Waals surface area contributed by atoms with Crippen LogP contribution in [0.4, 0.5) is 4.79 Å². The average Bonchev–Trinajstić information content (AvgIpc) is 2.23. The Balaban J connectivity index is 1.86. The van der Waals surface area contributed by atoms with Crippen molar-refractivity contribution in [3.8, 4) is 0 Å². The number of ketones is 1. The zero-order chi connectivity index (χ0) is 14.2. The molecule has 19 heavy (non-hydrogen) atoms. The normalized spacial score (nSPS) is 31.9. The van der Waals surface area contributed by atoms with Crippen molar-refractivity contribution in [2.45, 2.75) is 52.3 Å².